The Bertz CT molecular complexity index is 320. The molecule has 3 heteroatoms. The third kappa shape index (κ3) is 2.12. The fourth-order valence-corrected chi connectivity index (χ4v) is 13.1. The Kier molecular flexibility index (Phi) is 4.35. The van der Waals surface area contributed by atoms with Crippen molar-refractivity contribution >= 4 is 23.9 Å². The molecule has 0 N–H and O–H groups in total. The first-order valence-corrected chi connectivity index (χ1v) is 9.14. The summed E-state index contributed by atoms with van der Waals surface area (Å²) >= 11 is 1.37. The maximum Gasteiger partial charge on any atom is 0.176 e. The molecular weight excluding hydrogens is 235 g/mol. The molecule has 0 fully saturated rings. The summed E-state index contributed by atoms with van der Waals surface area (Å²) in [6, 6.07) is 3.67. The van der Waals surface area contributed by atoms with Crippen LogP contribution in [0.4, 0.5) is 4.39 Å². The first-order valence-electron chi connectivity index (χ1n) is 6.09. The molecule has 16 heavy (non-hydrogen) atoms. The van der Waals surface area contributed by atoms with E-state index in [1.807, 2.05) is 6.07 Å². The zero-order chi connectivity index (χ0) is 12.5. The van der Waals surface area contributed by atoms with Gasteiger partial charge in [-0.1, -0.05) is 41.5 Å². The number of hydrogen-bond acceptors (Lipinski definition) is 1. The van der Waals surface area contributed by atoms with Crippen molar-refractivity contribution in [3.8, 4) is 0 Å². The van der Waals surface area contributed by atoms with Gasteiger partial charge in [0.1, 0.15) is 8.07 Å². The zero-order valence-electron chi connectivity index (χ0n) is 11.2. The van der Waals surface area contributed by atoms with Gasteiger partial charge in [-0.2, -0.15) is 4.39 Å². The van der Waals surface area contributed by atoms with Crippen LogP contribution in [-0.4, -0.2) is 8.07 Å². The molecule has 1 aromatic rings. The highest BCUT2D eigenvalue weighted by Gasteiger charge is 2.45. The van der Waals surface area contributed by atoms with Gasteiger partial charge in [-0.05, 0) is 33.3 Å². The Morgan fingerprint density at radius 1 is 0.938 bits per heavy atom. The minimum atomic E-state index is -1.60. The smallest absolute Gasteiger partial charge is 0.176 e. The molecule has 0 amide bonds. The van der Waals surface area contributed by atoms with Gasteiger partial charge in [-0.25, -0.2) is 0 Å². The topological polar surface area (TPSA) is 0 Å². The molecule has 0 nitrogen and oxygen atoms in total. The van der Waals surface area contributed by atoms with Crippen molar-refractivity contribution in [1.29, 1.82) is 0 Å². The number of thiophene rings is 1. The maximum atomic E-state index is 13.3. The van der Waals surface area contributed by atoms with Crippen molar-refractivity contribution in [3.63, 3.8) is 0 Å². The summed E-state index contributed by atoms with van der Waals surface area (Å²) < 4.78 is 14.6. The quantitative estimate of drug-likeness (QED) is 0.682. The lowest BCUT2D eigenvalue weighted by molar-refractivity contribution is 0.657. The van der Waals surface area contributed by atoms with Gasteiger partial charge in [-0.3, -0.25) is 0 Å². The molecule has 0 atom stereocenters. The molecule has 1 heterocycles. The van der Waals surface area contributed by atoms with Gasteiger partial charge in [0.25, 0.3) is 0 Å². The molecule has 0 saturated heterocycles. The highest BCUT2D eigenvalue weighted by molar-refractivity contribution is 7.26. The normalized spacial score (nSPS) is 13.1. The van der Waals surface area contributed by atoms with Crippen LogP contribution < -0.4 is 4.50 Å². The Morgan fingerprint density at radius 2 is 1.38 bits per heavy atom. The van der Waals surface area contributed by atoms with E-state index in [4.69, 9.17) is 0 Å². The summed E-state index contributed by atoms with van der Waals surface area (Å²) in [6.07, 6.45) is 0. The van der Waals surface area contributed by atoms with Crippen molar-refractivity contribution in [2.45, 2.75) is 58.2 Å². The summed E-state index contributed by atoms with van der Waals surface area (Å²) in [5, 5.41) is -0.0335. The molecule has 0 spiro atoms. The van der Waals surface area contributed by atoms with E-state index >= 15 is 0 Å². The Labute approximate surface area is 104 Å². The first-order chi connectivity index (χ1) is 7.33. The summed E-state index contributed by atoms with van der Waals surface area (Å²) in [5.74, 6) is 0. The van der Waals surface area contributed by atoms with E-state index in [2.05, 4.69) is 41.5 Å². The molecule has 0 bridgehead atoms. The van der Waals surface area contributed by atoms with Crippen LogP contribution in [0.2, 0.25) is 16.6 Å². The minimum absolute atomic E-state index is 0.0335. The van der Waals surface area contributed by atoms with Crippen molar-refractivity contribution < 1.29 is 4.39 Å². The van der Waals surface area contributed by atoms with Crippen molar-refractivity contribution in [2.24, 2.45) is 0 Å². The molecule has 1 rings (SSSR count). The van der Waals surface area contributed by atoms with Crippen molar-refractivity contribution in [3.05, 3.63) is 17.3 Å². The van der Waals surface area contributed by atoms with Crippen molar-refractivity contribution in [1.82, 2.24) is 0 Å². The van der Waals surface area contributed by atoms with Crippen LogP contribution in [0.15, 0.2) is 12.1 Å². The second kappa shape index (κ2) is 5.01. The van der Waals surface area contributed by atoms with Gasteiger partial charge in [0, 0.05) is 0 Å². The van der Waals surface area contributed by atoms with Crippen LogP contribution in [0.5, 0.6) is 0 Å². The Morgan fingerprint density at radius 3 is 1.62 bits per heavy atom. The van der Waals surface area contributed by atoms with Crippen LogP contribution in [-0.2, 0) is 0 Å². The molecule has 92 valence electrons. The van der Waals surface area contributed by atoms with E-state index in [9.17, 15) is 4.39 Å². The standard InChI is InChI=1S/C13H23FSSi/c1-9(2)16(10(3)4,11(5)6)13-8-7-12(14)15-13/h7-11H,1-6H3. The highest BCUT2D eigenvalue weighted by atomic mass is 32.1. The molecule has 0 aromatic carbocycles. The monoisotopic (exact) mass is 258 g/mol. The number of hydrogen-bond donors (Lipinski definition) is 0. The molecule has 0 aliphatic heterocycles. The van der Waals surface area contributed by atoms with E-state index in [1.54, 1.807) is 6.07 Å². The van der Waals surface area contributed by atoms with Crippen molar-refractivity contribution in [2.75, 3.05) is 0 Å². The van der Waals surface area contributed by atoms with E-state index in [0.717, 1.165) is 0 Å². The van der Waals surface area contributed by atoms with Crippen LogP contribution in [0.1, 0.15) is 41.5 Å². The summed E-state index contributed by atoms with van der Waals surface area (Å²) in [7, 11) is -1.60. The third-order valence-corrected chi connectivity index (χ3v) is 12.7. The molecule has 0 radical (unpaired) electrons. The molecule has 0 aliphatic rings. The van der Waals surface area contributed by atoms with Crippen LogP contribution in [0, 0.1) is 5.13 Å². The van der Waals surface area contributed by atoms with Gasteiger partial charge >= 0.3 is 0 Å². The molecule has 1 aromatic heterocycles. The SMILES string of the molecule is CC(C)[Si](c1ccc(F)s1)(C(C)C)C(C)C. The summed E-state index contributed by atoms with van der Waals surface area (Å²) in [4.78, 5) is 0. The van der Waals surface area contributed by atoms with E-state index in [0.29, 0.717) is 16.6 Å². The average molecular weight is 258 g/mol. The van der Waals surface area contributed by atoms with Gasteiger partial charge < -0.3 is 0 Å². The lowest BCUT2D eigenvalue weighted by Gasteiger charge is -2.42. The summed E-state index contributed by atoms with van der Waals surface area (Å²) in [6.45, 7) is 13.9. The molecular formula is C13H23FSSi. The predicted molar refractivity (Wildman–Crippen MR) is 75.0 cm³/mol. The second-order valence-corrected chi connectivity index (χ2v) is 12.8. The summed E-state index contributed by atoms with van der Waals surface area (Å²) in [5.41, 5.74) is 1.97. The Hall–Kier alpha value is -0.153. The van der Waals surface area contributed by atoms with E-state index in [1.165, 1.54) is 15.8 Å². The first kappa shape index (κ1) is 13.9. The lowest BCUT2D eigenvalue weighted by atomic mass is 10.5. The minimum Gasteiger partial charge on any atom is -0.195 e. The van der Waals surface area contributed by atoms with E-state index < -0.39 is 8.07 Å². The van der Waals surface area contributed by atoms with Gasteiger partial charge in [0.15, 0.2) is 5.13 Å². The fraction of sp³-hybridized carbons (Fsp3) is 0.692. The number of halogens is 1. The molecule has 0 unspecified atom stereocenters. The van der Waals surface area contributed by atoms with Crippen LogP contribution in [0.25, 0.3) is 0 Å². The zero-order valence-corrected chi connectivity index (χ0v) is 13.0. The molecule has 0 saturated carbocycles. The molecule has 0 aliphatic carbocycles. The van der Waals surface area contributed by atoms with Gasteiger partial charge in [-0.15, -0.1) is 11.3 Å². The lowest BCUT2D eigenvalue weighted by Crippen LogP contribution is -2.54. The highest BCUT2D eigenvalue weighted by Crippen LogP contribution is 2.42. The largest absolute Gasteiger partial charge is 0.195 e. The van der Waals surface area contributed by atoms with Crippen LogP contribution >= 0.6 is 11.3 Å². The van der Waals surface area contributed by atoms with E-state index in [-0.39, 0.29) is 5.13 Å². The maximum absolute atomic E-state index is 13.3. The predicted octanol–water partition coefficient (Wildman–Crippen LogP) is 4.77. The third-order valence-electron chi connectivity index (χ3n) is 3.87. The Balaban J connectivity index is 3.33. The van der Waals surface area contributed by atoms with Gasteiger partial charge in [0.05, 0.1) is 0 Å². The second-order valence-electron chi connectivity index (χ2n) is 5.50. The van der Waals surface area contributed by atoms with Gasteiger partial charge in [0.2, 0.25) is 0 Å². The fourth-order valence-electron chi connectivity index (χ4n) is 3.40. The number of rotatable bonds is 4. The average Bonchev–Trinajstić information content (AvgIpc) is 2.50. The van der Waals surface area contributed by atoms with Crippen LogP contribution in [0.3, 0.4) is 0 Å².